The van der Waals surface area contributed by atoms with Gasteiger partial charge in [-0.2, -0.15) is 0 Å². The van der Waals surface area contributed by atoms with Gasteiger partial charge in [0.1, 0.15) is 0 Å². The lowest BCUT2D eigenvalue weighted by atomic mass is 9.73. The Bertz CT molecular complexity index is 760. The van der Waals surface area contributed by atoms with Gasteiger partial charge < -0.3 is 15.2 Å². The third kappa shape index (κ3) is 4.49. The monoisotopic (exact) mass is 353 g/mol. The highest BCUT2D eigenvalue weighted by Gasteiger charge is 2.41. The standard InChI is InChI=1S/C21H23NO4/c23-20(18-10-11-19(18)21(24)25)22-12-16-8-4-5-9-17(16)14-26-13-15-6-2-1-3-7-15/h1-9,18-19H,10-14H2,(H,22,23)(H,24,25). The highest BCUT2D eigenvalue weighted by Crippen LogP contribution is 2.34. The van der Waals surface area contributed by atoms with Crippen molar-refractivity contribution < 1.29 is 19.4 Å². The summed E-state index contributed by atoms with van der Waals surface area (Å²) in [6, 6.07) is 17.8. The van der Waals surface area contributed by atoms with E-state index in [4.69, 9.17) is 9.84 Å². The fourth-order valence-electron chi connectivity index (χ4n) is 3.15. The molecule has 0 spiro atoms. The molecule has 1 saturated carbocycles. The van der Waals surface area contributed by atoms with Crippen LogP contribution in [0.2, 0.25) is 0 Å². The van der Waals surface area contributed by atoms with E-state index in [0.717, 1.165) is 16.7 Å². The molecule has 2 N–H and O–H groups in total. The number of hydrogen-bond acceptors (Lipinski definition) is 3. The number of carboxylic acid groups (broad SMARTS) is 1. The molecule has 2 unspecified atom stereocenters. The fraction of sp³-hybridized carbons (Fsp3) is 0.333. The maximum atomic E-state index is 12.2. The van der Waals surface area contributed by atoms with E-state index >= 15 is 0 Å². The molecule has 2 aromatic rings. The molecule has 136 valence electrons. The second-order valence-electron chi connectivity index (χ2n) is 6.59. The molecule has 1 aliphatic rings. The van der Waals surface area contributed by atoms with Crippen LogP contribution in [-0.2, 0) is 34.1 Å². The minimum absolute atomic E-state index is 0.177. The van der Waals surface area contributed by atoms with Gasteiger partial charge in [-0.15, -0.1) is 0 Å². The summed E-state index contributed by atoms with van der Waals surface area (Å²) in [5.74, 6) is -2.01. The normalized spacial score (nSPS) is 18.8. The van der Waals surface area contributed by atoms with E-state index in [-0.39, 0.29) is 5.91 Å². The van der Waals surface area contributed by atoms with Crippen molar-refractivity contribution in [2.24, 2.45) is 11.8 Å². The average Bonchev–Trinajstić information content (AvgIpc) is 2.60. The maximum absolute atomic E-state index is 12.2. The number of ether oxygens (including phenoxy) is 1. The van der Waals surface area contributed by atoms with Gasteiger partial charge in [0.15, 0.2) is 0 Å². The number of carbonyl (C=O) groups excluding carboxylic acids is 1. The number of carboxylic acids is 1. The molecule has 0 bridgehead atoms. The molecule has 0 aromatic heterocycles. The Labute approximate surface area is 153 Å². The van der Waals surface area contributed by atoms with E-state index in [1.165, 1.54) is 0 Å². The average molecular weight is 353 g/mol. The zero-order valence-corrected chi connectivity index (χ0v) is 14.6. The molecular formula is C21H23NO4. The van der Waals surface area contributed by atoms with Crippen LogP contribution in [0.25, 0.3) is 0 Å². The van der Waals surface area contributed by atoms with Gasteiger partial charge in [-0.1, -0.05) is 54.6 Å². The number of hydrogen-bond donors (Lipinski definition) is 2. The number of amides is 1. The number of aliphatic carboxylic acids is 1. The first kappa shape index (κ1) is 18.1. The SMILES string of the molecule is O=C(O)C1CCC1C(=O)NCc1ccccc1COCc1ccccc1. The van der Waals surface area contributed by atoms with Crippen LogP contribution in [0.1, 0.15) is 29.5 Å². The van der Waals surface area contributed by atoms with Gasteiger partial charge in [0.05, 0.1) is 25.0 Å². The molecule has 1 aliphatic carbocycles. The van der Waals surface area contributed by atoms with E-state index in [1.807, 2.05) is 54.6 Å². The van der Waals surface area contributed by atoms with Crippen molar-refractivity contribution in [3.63, 3.8) is 0 Å². The Kier molecular flexibility index (Phi) is 6.02. The summed E-state index contributed by atoms with van der Waals surface area (Å²) in [4.78, 5) is 23.3. The molecule has 5 heteroatoms. The van der Waals surface area contributed by atoms with Crippen molar-refractivity contribution >= 4 is 11.9 Å². The summed E-state index contributed by atoms with van der Waals surface area (Å²) < 4.78 is 5.79. The Balaban J connectivity index is 1.52. The summed E-state index contributed by atoms with van der Waals surface area (Å²) in [5, 5.41) is 12.0. The first-order chi connectivity index (χ1) is 12.6. The van der Waals surface area contributed by atoms with Crippen molar-refractivity contribution in [3.8, 4) is 0 Å². The zero-order chi connectivity index (χ0) is 18.4. The molecule has 2 atom stereocenters. The summed E-state index contributed by atoms with van der Waals surface area (Å²) in [6.45, 7) is 1.37. The van der Waals surface area contributed by atoms with E-state index < -0.39 is 17.8 Å². The van der Waals surface area contributed by atoms with Crippen LogP contribution in [0, 0.1) is 11.8 Å². The summed E-state index contributed by atoms with van der Waals surface area (Å²) in [6.07, 6.45) is 1.22. The van der Waals surface area contributed by atoms with Gasteiger partial charge in [-0.05, 0) is 29.5 Å². The van der Waals surface area contributed by atoms with Crippen LogP contribution in [0.5, 0.6) is 0 Å². The maximum Gasteiger partial charge on any atom is 0.307 e. The quantitative estimate of drug-likeness (QED) is 0.764. The molecule has 1 amide bonds. The van der Waals surface area contributed by atoms with Crippen LogP contribution < -0.4 is 5.32 Å². The Morgan fingerprint density at radius 3 is 2.23 bits per heavy atom. The molecule has 26 heavy (non-hydrogen) atoms. The van der Waals surface area contributed by atoms with Gasteiger partial charge in [0.25, 0.3) is 0 Å². The minimum atomic E-state index is -0.883. The largest absolute Gasteiger partial charge is 0.481 e. The molecule has 0 aliphatic heterocycles. The van der Waals surface area contributed by atoms with Crippen molar-refractivity contribution in [3.05, 3.63) is 71.3 Å². The molecule has 5 nitrogen and oxygen atoms in total. The van der Waals surface area contributed by atoms with Crippen molar-refractivity contribution in [2.45, 2.75) is 32.6 Å². The van der Waals surface area contributed by atoms with Gasteiger partial charge in [0, 0.05) is 6.54 Å². The third-order valence-electron chi connectivity index (χ3n) is 4.87. The first-order valence-electron chi connectivity index (χ1n) is 8.84. The second kappa shape index (κ2) is 8.63. The molecule has 0 heterocycles. The fourth-order valence-corrected chi connectivity index (χ4v) is 3.15. The van der Waals surface area contributed by atoms with Gasteiger partial charge in [-0.3, -0.25) is 9.59 Å². The van der Waals surface area contributed by atoms with Gasteiger partial charge in [0.2, 0.25) is 5.91 Å². The van der Waals surface area contributed by atoms with Gasteiger partial charge in [-0.25, -0.2) is 0 Å². The highest BCUT2D eigenvalue weighted by molar-refractivity contribution is 5.86. The lowest BCUT2D eigenvalue weighted by Crippen LogP contribution is -2.43. The van der Waals surface area contributed by atoms with E-state index in [1.54, 1.807) is 0 Å². The third-order valence-corrected chi connectivity index (χ3v) is 4.87. The van der Waals surface area contributed by atoms with Crippen molar-refractivity contribution in [1.29, 1.82) is 0 Å². The predicted octanol–water partition coefficient (Wildman–Crippen LogP) is 3.13. The highest BCUT2D eigenvalue weighted by atomic mass is 16.5. The molecule has 3 rings (SSSR count). The Morgan fingerprint density at radius 2 is 1.58 bits per heavy atom. The minimum Gasteiger partial charge on any atom is -0.481 e. The molecule has 0 radical (unpaired) electrons. The zero-order valence-electron chi connectivity index (χ0n) is 14.6. The van der Waals surface area contributed by atoms with Crippen molar-refractivity contribution in [1.82, 2.24) is 5.32 Å². The summed E-state index contributed by atoms with van der Waals surface area (Å²) in [5.41, 5.74) is 3.12. The molecule has 2 aromatic carbocycles. The molecule has 0 saturated heterocycles. The van der Waals surface area contributed by atoms with Crippen LogP contribution in [0.3, 0.4) is 0 Å². The number of rotatable bonds is 8. The Morgan fingerprint density at radius 1 is 0.923 bits per heavy atom. The van der Waals surface area contributed by atoms with E-state index in [9.17, 15) is 9.59 Å². The summed E-state index contributed by atoms with van der Waals surface area (Å²) in [7, 11) is 0. The lowest BCUT2D eigenvalue weighted by Gasteiger charge is -2.32. The lowest BCUT2D eigenvalue weighted by molar-refractivity contribution is -0.152. The smallest absolute Gasteiger partial charge is 0.307 e. The predicted molar refractivity (Wildman–Crippen MR) is 97.1 cm³/mol. The van der Waals surface area contributed by atoms with Crippen molar-refractivity contribution in [2.75, 3.05) is 0 Å². The van der Waals surface area contributed by atoms with Crippen LogP contribution in [0.4, 0.5) is 0 Å². The van der Waals surface area contributed by atoms with Crippen LogP contribution in [0.15, 0.2) is 54.6 Å². The molecular weight excluding hydrogens is 330 g/mol. The first-order valence-corrected chi connectivity index (χ1v) is 8.84. The summed E-state index contributed by atoms with van der Waals surface area (Å²) >= 11 is 0. The van der Waals surface area contributed by atoms with Crippen LogP contribution in [-0.4, -0.2) is 17.0 Å². The molecule has 1 fully saturated rings. The number of benzene rings is 2. The second-order valence-corrected chi connectivity index (χ2v) is 6.59. The van der Waals surface area contributed by atoms with E-state index in [2.05, 4.69) is 5.32 Å². The van der Waals surface area contributed by atoms with Gasteiger partial charge >= 0.3 is 5.97 Å². The number of nitrogens with one attached hydrogen (secondary N) is 1. The topological polar surface area (TPSA) is 75.6 Å². The Hall–Kier alpha value is -2.66. The number of carbonyl (C=O) groups is 2. The van der Waals surface area contributed by atoms with Crippen LogP contribution >= 0.6 is 0 Å². The van der Waals surface area contributed by atoms with E-state index in [0.29, 0.717) is 32.6 Å².